The molecule has 0 spiro atoms. The molecule has 86 valence electrons. The van der Waals surface area contributed by atoms with Gasteiger partial charge in [-0.05, 0) is 23.0 Å². The van der Waals surface area contributed by atoms with Crippen LogP contribution in [0.15, 0.2) is 18.2 Å². The number of rotatable bonds is 1. The largest absolute Gasteiger partial charge is 0.278 e. The lowest BCUT2D eigenvalue weighted by molar-refractivity contribution is 0.591. The van der Waals surface area contributed by atoms with Crippen LogP contribution in [0.2, 0.25) is 0 Å². The average Bonchev–Trinajstić information content (AvgIpc) is 2.58. The van der Waals surface area contributed by atoms with Crippen LogP contribution in [0.3, 0.4) is 0 Å². The van der Waals surface area contributed by atoms with Gasteiger partial charge in [-0.2, -0.15) is 5.10 Å². The third kappa shape index (κ3) is 1.84. The van der Waals surface area contributed by atoms with Gasteiger partial charge in [0, 0.05) is 5.39 Å². The predicted octanol–water partition coefficient (Wildman–Crippen LogP) is 3.98. The maximum absolute atomic E-state index is 4.39. The van der Waals surface area contributed by atoms with Crippen LogP contribution in [0.4, 0.5) is 0 Å². The summed E-state index contributed by atoms with van der Waals surface area (Å²) in [6.45, 7) is 11.0. The van der Waals surface area contributed by atoms with Crippen molar-refractivity contribution in [3.63, 3.8) is 0 Å². The zero-order valence-electron chi connectivity index (χ0n) is 10.8. The molecule has 0 saturated carbocycles. The number of nitrogens with one attached hydrogen (secondary N) is 1. The maximum Gasteiger partial charge on any atom is 0.0726 e. The molecule has 2 heteroatoms. The first-order valence-electron chi connectivity index (χ1n) is 5.88. The summed E-state index contributed by atoms with van der Waals surface area (Å²) in [5.74, 6) is 0.467. The molecular weight excluding hydrogens is 196 g/mol. The van der Waals surface area contributed by atoms with E-state index in [0.29, 0.717) is 5.92 Å². The van der Waals surface area contributed by atoms with Crippen molar-refractivity contribution >= 4 is 10.9 Å². The van der Waals surface area contributed by atoms with Gasteiger partial charge in [0.05, 0.1) is 11.2 Å². The smallest absolute Gasteiger partial charge is 0.0726 e. The minimum Gasteiger partial charge on any atom is -0.278 e. The van der Waals surface area contributed by atoms with E-state index in [9.17, 15) is 0 Å². The number of fused-ring (bicyclic) bond motifs is 1. The minimum absolute atomic E-state index is 0.192. The molecule has 1 aromatic heterocycles. The second-order valence-corrected chi connectivity index (χ2v) is 5.77. The monoisotopic (exact) mass is 216 g/mol. The molecule has 0 aliphatic heterocycles. The average molecular weight is 216 g/mol. The summed E-state index contributed by atoms with van der Waals surface area (Å²) < 4.78 is 0. The molecule has 0 fully saturated rings. The lowest BCUT2D eigenvalue weighted by atomic mass is 9.86. The van der Waals surface area contributed by atoms with E-state index in [0.717, 1.165) is 11.2 Å². The SMILES string of the molecule is CC(C)c1n[nH]c2cc(C(C)(C)C)ccc12. The van der Waals surface area contributed by atoms with Crippen LogP contribution in [-0.2, 0) is 5.41 Å². The van der Waals surface area contributed by atoms with Crippen molar-refractivity contribution < 1.29 is 0 Å². The molecule has 2 rings (SSSR count). The molecule has 0 aliphatic rings. The Morgan fingerprint density at radius 1 is 1.19 bits per heavy atom. The first-order valence-corrected chi connectivity index (χ1v) is 5.88. The van der Waals surface area contributed by atoms with Crippen LogP contribution in [0.5, 0.6) is 0 Å². The Morgan fingerprint density at radius 3 is 2.44 bits per heavy atom. The molecular formula is C14H20N2. The van der Waals surface area contributed by atoms with E-state index < -0.39 is 0 Å². The second kappa shape index (κ2) is 3.62. The van der Waals surface area contributed by atoms with Gasteiger partial charge in [0.25, 0.3) is 0 Å². The number of aromatic amines is 1. The highest BCUT2D eigenvalue weighted by atomic mass is 15.1. The molecule has 0 bridgehead atoms. The van der Waals surface area contributed by atoms with Crippen LogP contribution < -0.4 is 0 Å². The van der Waals surface area contributed by atoms with E-state index in [1.54, 1.807) is 0 Å². The molecule has 1 N–H and O–H groups in total. The van der Waals surface area contributed by atoms with Crippen molar-refractivity contribution in [2.75, 3.05) is 0 Å². The fourth-order valence-electron chi connectivity index (χ4n) is 1.95. The highest BCUT2D eigenvalue weighted by molar-refractivity contribution is 5.82. The van der Waals surface area contributed by atoms with E-state index in [1.165, 1.54) is 10.9 Å². The van der Waals surface area contributed by atoms with Crippen LogP contribution in [-0.4, -0.2) is 10.2 Å². The summed E-state index contributed by atoms with van der Waals surface area (Å²) in [4.78, 5) is 0. The Balaban J connectivity index is 2.58. The molecule has 1 aromatic carbocycles. The second-order valence-electron chi connectivity index (χ2n) is 5.77. The molecule has 0 saturated heterocycles. The van der Waals surface area contributed by atoms with Gasteiger partial charge in [-0.3, -0.25) is 5.10 Å². The molecule has 0 aliphatic carbocycles. The van der Waals surface area contributed by atoms with Crippen LogP contribution >= 0.6 is 0 Å². The normalized spacial score (nSPS) is 12.6. The highest BCUT2D eigenvalue weighted by Crippen LogP contribution is 2.28. The Bertz CT molecular complexity index is 501. The Hall–Kier alpha value is -1.31. The van der Waals surface area contributed by atoms with Crippen molar-refractivity contribution in [3.05, 3.63) is 29.5 Å². The molecule has 1 heterocycles. The van der Waals surface area contributed by atoms with Gasteiger partial charge in [-0.1, -0.05) is 46.8 Å². The summed E-state index contributed by atoms with van der Waals surface area (Å²) >= 11 is 0. The quantitative estimate of drug-likeness (QED) is 0.767. The van der Waals surface area contributed by atoms with Gasteiger partial charge >= 0.3 is 0 Å². The molecule has 2 nitrogen and oxygen atoms in total. The third-order valence-electron chi connectivity index (χ3n) is 3.01. The summed E-state index contributed by atoms with van der Waals surface area (Å²) in [5.41, 5.74) is 3.85. The summed E-state index contributed by atoms with van der Waals surface area (Å²) in [7, 11) is 0. The van der Waals surface area contributed by atoms with E-state index in [-0.39, 0.29) is 5.41 Å². The van der Waals surface area contributed by atoms with Crippen molar-refractivity contribution in [3.8, 4) is 0 Å². The lowest BCUT2D eigenvalue weighted by Gasteiger charge is -2.18. The summed E-state index contributed by atoms with van der Waals surface area (Å²) in [5, 5.41) is 8.78. The molecule has 2 aromatic rings. The number of benzene rings is 1. The first kappa shape index (κ1) is 11.2. The number of H-pyrrole nitrogens is 1. The van der Waals surface area contributed by atoms with Crippen LogP contribution in [0.1, 0.15) is 51.8 Å². The molecule has 0 atom stereocenters. The molecule has 0 unspecified atom stereocenters. The summed E-state index contributed by atoms with van der Waals surface area (Å²) in [6.07, 6.45) is 0. The summed E-state index contributed by atoms with van der Waals surface area (Å²) in [6, 6.07) is 6.62. The lowest BCUT2D eigenvalue weighted by Crippen LogP contribution is -2.10. The van der Waals surface area contributed by atoms with E-state index in [1.807, 2.05) is 0 Å². The van der Waals surface area contributed by atoms with Crippen molar-refractivity contribution in [1.29, 1.82) is 0 Å². The highest BCUT2D eigenvalue weighted by Gasteiger charge is 2.16. The van der Waals surface area contributed by atoms with E-state index >= 15 is 0 Å². The van der Waals surface area contributed by atoms with E-state index in [4.69, 9.17) is 0 Å². The molecule has 0 amide bonds. The standard InChI is InChI=1S/C14H20N2/c1-9(2)13-11-7-6-10(14(3,4)5)8-12(11)15-16-13/h6-9H,1-5H3,(H,15,16). The van der Waals surface area contributed by atoms with E-state index in [2.05, 4.69) is 63.0 Å². The topological polar surface area (TPSA) is 28.7 Å². The molecule has 0 radical (unpaired) electrons. The Morgan fingerprint density at radius 2 is 1.88 bits per heavy atom. The predicted molar refractivity (Wildman–Crippen MR) is 68.9 cm³/mol. The molecule has 16 heavy (non-hydrogen) atoms. The van der Waals surface area contributed by atoms with Crippen molar-refractivity contribution in [2.45, 2.75) is 46.0 Å². The number of nitrogens with zero attached hydrogens (tertiary/aromatic N) is 1. The zero-order valence-corrected chi connectivity index (χ0v) is 10.8. The van der Waals surface area contributed by atoms with Gasteiger partial charge in [-0.25, -0.2) is 0 Å². The minimum atomic E-state index is 0.192. The number of hydrogen-bond donors (Lipinski definition) is 1. The van der Waals surface area contributed by atoms with Gasteiger partial charge in [-0.15, -0.1) is 0 Å². The van der Waals surface area contributed by atoms with Crippen molar-refractivity contribution in [2.24, 2.45) is 0 Å². The Kier molecular flexibility index (Phi) is 2.53. The van der Waals surface area contributed by atoms with Gasteiger partial charge in [0.1, 0.15) is 0 Å². The van der Waals surface area contributed by atoms with Crippen LogP contribution in [0.25, 0.3) is 10.9 Å². The zero-order chi connectivity index (χ0) is 11.9. The van der Waals surface area contributed by atoms with Crippen LogP contribution in [0, 0.1) is 0 Å². The number of aromatic nitrogens is 2. The van der Waals surface area contributed by atoms with Gasteiger partial charge < -0.3 is 0 Å². The van der Waals surface area contributed by atoms with Crippen molar-refractivity contribution in [1.82, 2.24) is 10.2 Å². The van der Waals surface area contributed by atoms with Gasteiger partial charge in [0.2, 0.25) is 0 Å². The number of hydrogen-bond acceptors (Lipinski definition) is 1. The Labute approximate surface area is 97.1 Å². The van der Waals surface area contributed by atoms with Gasteiger partial charge in [0.15, 0.2) is 0 Å². The third-order valence-corrected chi connectivity index (χ3v) is 3.01. The maximum atomic E-state index is 4.39. The fraction of sp³-hybridized carbons (Fsp3) is 0.500. The first-order chi connectivity index (χ1) is 7.39. The fourth-order valence-corrected chi connectivity index (χ4v) is 1.95.